The summed E-state index contributed by atoms with van der Waals surface area (Å²) in [5.74, 6) is 0.232. The molecule has 2 aromatic heterocycles. The molecular weight excluding hydrogens is 388 g/mol. The molecule has 0 radical (unpaired) electrons. The Bertz CT molecular complexity index is 867. The molecule has 28 heavy (non-hydrogen) atoms. The van der Waals surface area contributed by atoms with E-state index in [0.29, 0.717) is 6.54 Å². The fourth-order valence-corrected chi connectivity index (χ4v) is 5.27. The number of para-hydroxylation sites is 1. The molecule has 7 heteroatoms. The van der Waals surface area contributed by atoms with Gasteiger partial charge in [-0.15, -0.1) is 22.7 Å². The highest BCUT2D eigenvalue weighted by Gasteiger charge is 2.22. The summed E-state index contributed by atoms with van der Waals surface area (Å²) in [6, 6.07) is 12.5. The van der Waals surface area contributed by atoms with Crippen molar-refractivity contribution in [2.75, 3.05) is 39.3 Å². The largest absolute Gasteiger partial charge is 0.337 e. The van der Waals surface area contributed by atoms with Gasteiger partial charge in [0.15, 0.2) is 0 Å². The smallest absolute Gasteiger partial charge is 0.237 e. The first-order valence-corrected chi connectivity index (χ1v) is 11.5. The highest BCUT2D eigenvalue weighted by molar-refractivity contribution is 7.18. The minimum atomic E-state index is 0.232. The van der Waals surface area contributed by atoms with Crippen molar-refractivity contribution in [3.63, 3.8) is 0 Å². The predicted octanol–water partition coefficient (Wildman–Crippen LogP) is 3.52. The molecule has 1 aliphatic heterocycles. The molecule has 1 aromatic carbocycles. The Kier molecular flexibility index (Phi) is 6.36. The maximum Gasteiger partial charge on any atom is 0.237 e. The Morgan fingerprint density at radius 1 is 1.11 bits per heavy atom. The lowest BCUT2D eigenvalue weighted by molar-refractivity contribution is -0.133. The van der Waals surface area contributed by atoms with Crippen molar-refractivity contribution in [1.82, 2.24) is 19.7 Å². The molecule has 1 aliphatic rings. The third-order valence-corrected chi connectivity index (χ3v) is 7.06. The summed E-state index contributed by atoms with van der Waals surface area (Å²) in [6.07, 6.45) is 0. The van der Waals surface area contributed by atoms with Crippen molar-refractivity contribution in [2.45, 2.75) is 20.0 Å². The molecule has 3 heterocycles. The molecule has 0 spiro atoms. The highest BCUT2D eigenvalue weighted by Crippen LogP contribution is 2.23. The number of carbonyl (C=O) groups is 1. The Labute approximate surface area is 174 Å². The van der Waals surface area contributed by atoms with E-state index in [1.165, 1.54) is 14.6 Å². The van der Waals surface area contributed by atoms with Crippen LogP contribution in [-0.4, -0.2) is 64.9 Å². The standard InChI is InChI=1S/C21H26N4OS2/c1-2-25(14-17-6-5-13-27-17)21(26)16-24-11-9-23(10-12-24)15-20-22-18-7-3-4-8-19(18)28-20/h3-8,13H,2,9-12,14-16H2,1H3. The Morgan fingerprint density at radius 2 is 1.89 bits per heavy atom. The van der Waals surface area contributed by atoms with E-state index in [-0.39, 0.29) is 5.91 Å². The highest BCUT2D eigenvalue weighted by atomic mass is 32.1. The zero-order valence-corrected chi connectivity index (χ0v) is 17.8. The van der Waals surface area contributed by atoms with E-state index < -0.39 is 0 Å². The van der Waals surface area contributed by atoms with Crippen LogP contribution < -0.4 is 0 Å². The molecule has 4 rings (SSSR count). The number of piperazine rings is 1. The number of hydrogen-bond acceptors (Lipinski definition) is 6. The van der Waals surface area contributed by atoms with Gasteiger partial charge in [0.1, 0.15) is 5.01 Å². The Balaban J connectivity index is 1.26. The van der Waals surface area contributed by atoms with E-state index in [9.17, 15) is 4.79 Å². The maximum absolute atomic E-state index is 12.7. The van der Waals surface area contributed by atoms with Crippen LogP contribution in [0.5, 0.6) is 0 Å². The fraction of sp³-hybridized carbons (Fsp3) is 0.429. The molecule has 0 atom stereocenters. The molecule has 0 unspecified atom stereocenters. The molecule has 0 N–H and O–H groups in total. The van der Waals surface area contributed by atoms with E-state index in [0.717, 1.165) is 51.3 Å². The molecule has 1 amide bonds. The van der Waals surface area contributed by atoms with Crippen LogP contribution in [0.4, 0.5) is 0 Å². The number of benzene rings is 1. The van der Waals surface area contributed by atoms with Crippen molar-refractivity contribution in [3.05, 3.63) is 51.7 Å². The number of likely N-dealkylation sites (N-methyl/N-ethyl adjacent to an activating group) is 1. The predicted molar refractivity (Wildman–Crippen MR) is 117 cm³/mol. The SMILES string of the molecule is CCN(Cc1cccs1)C(=O)CN1CCN(Cc2nc3ccccc3s2)CC1. The quantitative estimate of drug-likeness (QED) is 0.593. The van der Waals surface area contributed by atoms with E-state index in [2.05, 4.69) is 46.4 Å². The lowest BCUT2D eigenvalue weighted by atomic mass is 10.3. The van der Waals surface area contributed by atoms with Gasteiger partial charge in [0, 0.05) is 37.6 Å². The minimum absolute atomic E-state index is 0.232. The molecule has 1 fully saturated rings. The first-order valence-electron chi connectivity index (χ1n) is 9.80. The van der Waals surface area contributed by atoms with Crippen LogP contribution in [0.25, 0.3) is 10.2 Å². The first-order chi connectivity index (χ1) is 13.7. The number of nitrogens with zero attached hydrogens (tertiary/aromatic N) is 4. The van der Waals surface area contributed by atoms with E-state index in [4.69, 9.17) is 4.98 Å². The number of thiophene rings is 1. The van der Waals surface area contributed by atoms with Gasteiger partial charge in [-0.1, -0.05) is 18.2 Å². The Morgan fingerprint density at radius 3 is 2.61 bits per heavy atom. The van der Waals surface area contributed by atoms with Crippen LogP contribution >= 0.6 is 22.7 Å². The number of amides is 1. The molecule has 5 nitrogen and oxygen atoms in total. The van der Waals surface area contributed by atoms with Gasteiger partial charge in [-0.05, 0) is 30.5 Å². The van der Waals surface area contributed by atoms with Crippen molar-refractivity contribution >= 4 is 38.8 Å². The van der Waals surface area contributed by atoms with Gasteiger partial charge in [-0.3, -0.25) is 14.6 Å². The molecule has 0 bridgehead atoms. The summed E-state index contributed by atoms with van der Waals surface area (Å²) in [4.78, 5) is 25.4. The van der Waals surface area contributed by atoms with Gasteiger partial charge >= 0.3 is 0 Å². The van der Waals surface area contributed by atoms with Crippen molar-refractivity contribution in [3.8, 4) is 0 Å². The topological polar surface area (TPSA) is 39.7 Å². The van der Waals surface area contributed by atoms with Crippen molar-refractivity contribution in [2.24, 2.45) is 0 Å². The monoisotopic (exact) mass is 414 g/mol. The number of fused-ring (bicyclic) bond motifs is 1. The second-order valence-corrected chi connectivity index (χ2v) is 9.26. The molecule has 3 aromatic rings. The number of carbonyl (C=O) groups excluding carboxylic acids is 1. The van der Waals surface area contributed by atoms with Crippen molar-refractivity contribution < 1.29 is 4.79 Å². The summed E-state index contributed by atoms with van der Waals surface area (Å²) in [5.41, 5.74) is 1.09. The van der Waals surface area contributed by atoms with E-state index in [1.54, 1.807) is 22.7 Å². The average Bonchev–Trinajstić information content (AvgIpc) is 3.36. The summed E-state index contributed by atoms with van der Waals surface area (Å²) >= 11 is 3.50. The summed E-state index contributed by atoms with van der Waals surface area (Å²) in [6.45, 7) is 8.82. The number of hydrogen-bond donors (Lipinski definition) is 0. The zero-order valence-electron chi connectivity index (χ0n) is 16.2. The van der Waals surface area contributed by atoms with Crippen LogP contribution in [0.2, 0.25) is 0 Å². The lowest BCUT2D eigenvalue weighted by Gasteiger charge is -2.34. The van der Waals surface area contributed by atoms with Gasteiger partial charge in [0.2, 0.25) is 5.91 Å². The lowest BCUT2D eigenvalue weighted by Crippen LogP contribution is -2.49. The summed E-state index contributed by atoms with van der Waals surface area (Å²) in [7, 11) is 0. The van der Waals surface area contributed by atoms with Crippen LogP contribution in [0, 0.1) is 0 Å². The van der Waals surface area contributed by atoms with Gasteiger partial charge in [0.25, 0.3) is 0 Å². The number of rotatable bonds is 7. The molecule has 0 saturated carbocycles. The van der Waals surface area contributed by atoms with Gasteiger partial charge in [-0.25, -0.2) is 4.98 Å². The fourth-order valence-electron chi connectivity index (χ4n) is 3.54. The van der Waals surface area contributed by atoms with Crippen LogP contribution in [-0.2, 0) is 17.9 Å². The molecular formula is C21H26N4OS2. The van der Waals surface area contributed by atoms with Crippen LogP contribution in [0.3, 0.4) is 0 Å². The van der Waals surface area contributed by atoms with E-state index >= 15 is 0 Å². The maximum atomic E-state index is 12.7. The molecule has 0 aliphatic carbocycles. The third kappa shape index (κ3) is 4.78. The van der Waals surface area contributed by atoms with Crippen LogP contribution in [0.15, 0.2) is 41.8 Å². The van der Waals surface area contributed by atoms with Gasteiger partial charge < -0.3 is 4.90 Å². The van der Waals surface area contributed by atoms with Crippen molar-refractivity contribution in [1.29, 1.82) is 0 Å². The first kappa shape index (κ1) is 19.5. The average molecular weight is 415 g/mol. The Hall–Kier alpha value is -1.80. The second-order valence-electron chi connectivity index (χ2n) is 7.11. The molecule has 148 valence electrons. The van der Waals surface area contributed by atoms with E-state index in [1.807, 2.05) is 17.0 Å². The van der Waals surface area contributed by atoms with Gasteiger partial charge in [0.05, 0.1) is 29.9 Å². The third-order valence-electron chi connectivity index (χ3n) is 5.18. The normalized spacial score (nSPS) is 15.9. The minimum Gasteiger partial charge on any atom is -0.337 e. The van der Waals surface area contributed by atoms with Crippen LogP contribution in [0.1, 0.15) is 16.8 Å². The summed E-state index contributed by atoms with van der Waals surface area (Å²) < 4.78 is 1.26. The number of aromatic nitrogens is 1. The second kappa shape index (κ2) is 9.13. The van der Waals surface area contributed by atoms with Gasteiger partial charge in [-0.2, -0.15) is 0 Å². The molecule has 1 saturated heterocycles. The summed E-state index contributed by atoms with van der Waals surface area (Å²) in [5, 5.41) is 3.25. The number of thiazole rings is 1. The zero-order chi connectivity index (χ0) is 19.3.